The molecule has 1 atom stereocenters. The summed E-state index contributed by atoms with van der Waals surface area (Å²) in [5, 5.41) is 0. The number of hydrogen-bond donors (Lipinski definition) is 1. The van der Waals surface area contributed by atoms with E-state index in [1.54, 1.807) is 35.5 Å². The van der Waals surface area contributed by atoms with Gasteiger partial charge in [-0.25, -0.2) is 23.1 Å². The van der Waals surface area contributed by atoms with Gasteiger partial charge in [-0.1, -0.05) is 38.1 Å². The number of ether oxygens (including phenoxy) is 1. The van der Waals surface area contributed by atoms with Crippen molar-refractivity contribution in [2.24, 2.45) is 11.3 Å². The Bertz CT molecular complexity index is 2000. The lowest BCUT2D eigenvalue weighted by atomic mass is 9.63. The summed E-state index contributed by atoms with van der Waals surface area (Å²) < 4.78 is 36.5. The first-order chi connectivity index (χ1) is 23.8. The van der Waals surface area contributed by atoms with Crippen LogP contribution < -0.4 is 14.4 Å². The van der Waals surface area contributed by atoms with E-state index < -0.39 is 10.0 Å². The summed E-state index contributed by atoms with van der Waals surface area (Å²) in [7, 11) is -2.13. The maximum absolute atomic E-state index is 14.6. The Morgan fingerprint density at radius 1 is 1.00 bits per heavy atom. The van der Waals surface area contributed by atoms with Crippen molar-refractivity contribution in [1.29, 1.82) is 0 Å². The third kappa shape index (κ3) is 7.03. The quantitative estimate of drug-likeness (QED) is 0.228. The van der Waals surface area contributed by atoms with E-state index in [4.69, 9.17) is 9.72 Å². The summed E-state index contributed by atoms with van der Waals surface area (Å²) in [6, 6.07) is 13.9. The molecule has 1 aliphatic heterocycles. The van der Waals surface area contributed by atoms with Gasteiger partial charge < -0.3 is 14.5 Å². The van der Waals surface area contributed by atoms with E-state index in [0.717, 1.165) is 48.2 Å². The van der Waals surface area contributed by atoms with Gasteiger partial charge in [-0.15, -0.1) is 0 Å². The first-order valence-electron chi connectivity index (χ1n) is 17.4. The molecule has 12 heteroatoms. The van der Waals surface area contributed by atoms with E-state index >= 15 is 0 Å². The monoisotopic (exact) mass is 695 g/mol. The average Bonchev–Trinajstić information content (AvgIpc) is 3.03. The van der Waals surface area contributed by atoms with Crippen LogP contribution in [0.25, 0.3) is 11.3 Å². The number of sulfonamides is 1. The standard InChI is InChI=1S/C38H45N7O4S/c1-24-9-6-10-25(2)35(24)32-17-34-42-37(41-32)43-50(47,48)31-14-7-11-27(16-31)36(46)45(30(23-49-34)15-26-18-38(3,4)19-26)22-28-20-39-21-33(40-28)44(5)29-12-8-13-29/h6-7,9-11,14,16-17,20-21,26,29-30H,8,12-13,15,18-19,22-23H2,1-5H3,(H,41,42,43)/t30-/m1/s1. The fraction of sp³-hybridized carbons (Fsp3) is 0.447. The molecule has 2 aromatic carbocycles. The number of aryl methyl sites for hydroxylation is 2. The van der Waals surface area contributed by atoms with Crippen LogP contribution in [0.5, 0.6) is 5.88 Å². The van der Waals surface area contributed by atoms with Gasteiger partial charge in [0.1, 0.15) is 12.4 Å². The van der Waals surface area contributed by atoms with Gasteiger partial charge in [0.2, 0.25) is 11.8 Å². The lowest BCUT2D eigenvalue weighted by Crippen LogP contribution is -2.46. The Morgan fingerprint density at radius 2 is 1.74 bits per heavy atom. The molecule has 3 aliphatic rings. The van der Waals surface area contributed by atoms with E-state index in [1.165, 1.54) is 18.6 Å². The Labute approximate surface area is 294 Å². The minimum Gasteiger partial charge on any atom is -0.475 e. The van der Waals surface area contributed by atoms with E-state index in [9.17, 15) is 13.2 Å². The second-order valence-electron chi connectivity index (χ2n) is 15.0. The van der Waals surface area contributed by atoms with Crippen LogP contribution in [0.3, 0.4) is 0 Å². The third-order valence-electron chi connectivity index (χ3n) is 10.5. The molecule has 2 aliphatic carbocycles. The van der Waals surface area contributed by atoms with Crippen molar-refractivity contribution < 1.29 is 17.9 Å². The van der Waals surface area contributed by atoms with Crippen molar-refractivity contribution >= 4 is 27.7 Å². The Morgan fingerprint density at radius 3 is 2.44 bits per heavy atom. The molecule has 0 spiro atoms. The minimum atomic E-state index is -4.17. The zero-order chi connectivity index (χ0) is 35.2. The molecule has 4 bridgehead atoms. The summed E-state index contributed by atoms with van der Waals surface area (Å²) >= 11 is 0. The highest BCUT2D eigenvalue weighted by Gasteiger charge is 2.39. The van der Waals surface area contributed by atoms with Crippen LogP contribution in [-0.4, -0.2) is 64.9 Å². The van der Waals surface area contributed by atoms with Gasteiger partial charge in [0.05, 0.1) is 41.3 Å². The van der Waals surface area contributed by atoms with Gasteiger partial charge in [0, 0.05) is 30.3 Å². The number of anilines is 2. The van der Waals surface area contributed by atoms with Gasteiger partial charge in [-0.2, -0.15) is 4.98 Å². The molecule has 7 rings (SSSR count). The van der Waals surface area contributed by atoms with Crippen molar-refractivity contribution in [1.82, 2.24) is 24.8 Å². The topological polar surface area (TPSA) is 131 Å². The maximum atomic E-state index is 14.6. The van der Waals surface area contributed by atoms with Crippen molar-refractivity contribution in [2.45, 2.75) is 89.7 Å². The number of rotatable bonds is 7. The van der Waals surface area contributed by atoms with E-state index in [0.29, 0.717) is 29.8 Å². The number of carbonyl (C=O) groups is 1. The molecule has 1 N–H and O–H groups in total. The van der Waals surface area contributed by atoms with Crippen LogP contribution in [0.15, 0.2) is 65.8 Å². The highest BCUT2D eigenvalue weighted by atomic mass is 32.2. The van der Waals surface area contributed by atoms with Crippen molar-refractivity contribution in [3.8, 4) is 17.1 Å². The number of nitrogens with one attached hydrogen (secondary N) is 1. The fourth-order valence-corrected chi connectivity index (χ4v) is 8.69. The van der Waals surface area contributed by atoms with E-state index in [2.05, 4.69) is 38.4 Å². The number of nitrogens with zero attached hydrogens (tertiary/aromatic N) is 6. The fourth-order valence-electron chi connectivity index (χ4n) is 7.70. The smallest absolute Gasteiger partial charge is 0.264 e. The molecule has 2 saturated carbocycles. The number of carbonyl (C=O) groups excluding carboxylic acids is 1. The van der Waals surface area contributed by atoms with Gasteiger partial charge >= 0.3 is 0 Å². The Kier molecular flexibility index (Phi) is 9.00. The molecule has 2 fully saturated rings. The molecule has 0 saturated heterocycles. The number of hydrogen-bond acceptors (Lipinski definition) is 9. The van der Waals surface area contributed by atoms with Crippen LogP contribution in [0.1, 0.15) is 79.6 Å². The molecule has 50 heavy (non-hydrogen) atoms. The minimum absolute atomic E-state index is 0.0627. The van der Waals surface area contributed by atoms with E-state index in [-0.39, 0.29) is 52.8 Å². The first kappa shape index (κ1) is 33.9. The van der Waals surface area contributed by atoms with Gasteiger partial charge in [-0.3, -0.25) is 9.78 Å². The van der Waals surface area contributed by atoms with Crippen LogP contribution in [0, 0.1) is 25.2 Å². The molecule has 1 amide bonds. The van der Waals surface area contributed by atoms with Gasteiger partial charge in [-0.05, 0) is 93.0 Å². The van der Waals surface area contributed by atoms with Gasteiger partial charge in [0.15, 0.2) is 0 Å². The molecule has 11 nitrogen and oxygen atoms in total. The largest absolute Gasteiger partial charge is 0.475 e. The predicted octanol–water partition coefficient (Wildman–Crippen LogP) is 6.57. The number of amides is 1. The lowest BCUT2D eigenvalue weighted by molar-refractivity contribution is 0.0317. The molecule has 4 aromatic rings. The third-order valence-corrected chi connectivity index (χ3v) is 11.8. The molecular formula is C38H45N7O4S. The lowest BCUT2D eigenvalue weighted by Gasteiger charge is -2.45. The van der Waals surface area contributed by atoms with Crippen molar-refractivity contribution in [3.05, 3.63) is 83.3 Å². The molecule has 262 valence electrons. The van der Waals surface area contributed by atoms with E-state index in [1.807, 2.05) is 39.1 Å². The van der Waals surface area contributed by atoms with Crippen LogP contribution in [-0.2, 0) is 16.6 Å². The summed E-state index contributed by atoms with van der Waals surface area (Å²) in [6.45, 7) is 8.84. The maximum Gasteiger partial charge on any atom is 0.264 e. The second kappa shape index (κ2) is 13.3. The normalized spacial score (nSPS) is 20.2. The summed E-state index contributed by atoms with van der Waals surface area (Å²) in [5.74, 6) is 0.976. The van der Waals surface area contributed by atoms with Crippen LogP contribution >= 0.6 is 0 Å². The predicted molar refractivity (Wildman–Crippen MR) is 193 cm³/mol. The molecule has 0 radical (unpaired) electrons. The number of benzene rings is 2. The SMILES string of the molecule is Cc1cccc(C)c1-c1cc2nc(n1)NS(=O)(=O)c1cccc(c1)C(=O)N(Cc1cncc(N(C)C3CCC3)n1)[C@H](CC1CC(C)(C)C1)CO2. The summed E-state index contributed by atoms with van der Waals surface area (Å²) in [6.07, 6.45) is 9.70. The summed E-state index contributed by atoms with van der Waals surface area (Å²) in [5.41, 5.74) is 4.54. The number of aromatic nitrogens is 4. The highest BCUT2D eigenvalue weighted by Crippen LogP contribution is 2.47. The molecular weight excluding hydrogens is 651 g/mol. The zero-order valence-electron chi connectivity index (χ0n) is 29.4. The Hall–Kier alpha value is -4.58. The Balaban J connectivity index is 1.32. The zero-order valence-corrected chi connectivity index (χ0v) is 30.2. The number of fused-ring (bicyclic) bond motifs is 4. The molecule has 0 unspecified atom stereocenters. The average molecular weight is 696 g/mol. The van der Waals surface area contributed by atoms with Crippen molar-refractivity contribution in [2.75, 3.05) is 23.3 Å². The molecule has 3 heterocycles. The van der Waals surface area contributed by atoms with Gasteiger partial charge in [0.25, 0.3) is 15.9 Å². The van der Waals surface area contributed by atoms with Crippen LogP contribution in [0.2, 0.25) is 0 Å². The first-order valence-corrected chi connectivity index (χ1v) is 18.9. The van der Waals surface area contributed by atoms with Crippen molar-refractivity contribution in [3.63, 3.8) is 0 Å². The highest BCUT2D eigenvalue weighted by molar-refractivity contribution is 7.92. The second-order valence-corrected chi connectivity index (χ2v) is 16.6. The summed E-state index contributed by atoms with van der Waals surface area (Å²) in [4.78, 5) is 37.1. The van der Waals surface area contributed by atoms with Crippen LogP contribution in [0.4, 0.5) is 11.8 Å². The molecule has 2 aromatic heterocycles.